The second-order valence-corrected chi connectivity index (χ2v) is 4.71. The van der Waals surface area contributed by atoms with E-state index in [1.807, 2.05) is 0 Å². The Bertz CT molecular complexity index is 632. The lowest BCUT2D eigenvalue weighted by molar-refractivity contribution is 0.0958. The van der Waals surface area contributed by atoms with Crippen molar-refractivity contribution in [2.24, 2.45) is 0 Å². The molecule has 6 heteroatoms. The van der Waals surface area contributed by atoms with Gasteiger partial charge in [0.05, 0.1) is 11.6 Å². The summed E-state index contributed by atoms with van der Waals surface area (Å²) in [6, 6.07) is 8.64. The largest absolute Gasteiger partial charge is 0.497 e. The molecule has 1 heterocycles. The standard InChI is InChI=1S/C14H13BrN2O3/c1-16-14(18)12-8-10(5-6-17-12)20-13-4-3-9(19-2)7-11(13)15/h3-8H,1-2H3,(H,16,18). The van der Waals surface area contributed by atoms with E-state index in [4.69, 9.17) is 9.47 Å². The number of nitrogens with zero attached hydrogens (tertiary/aromatic N) is 1. The second-order valence-electron chi connectivity index (χ2n) is 3.85. The third-order valence-electron chi connectivity index (χ3n) is 2.56. The van der Waals surface area contributed by atoms with E-state index in [1.165, 1.54) is 6.20 Å². The summed E-state index contributed by atoms with van der Waals surface area (Å²) in [6.45, 7) is 0. The summed E-state index contributed by atoms with van der Waals surface area (Å²) in [5.74, 6) is 1.62. The number of pyridine rings is 1. The fraction of sp³-hybridized carbons (Fsp3) is 0.143. The minimum absolute atomic E-state index is 0.260. The number of methoxy groups -OCH3 is 1. The molecule has 2 rings (SSSR count). The quantitative estimate of drug-likeness (QED) is 0.932. The van der Waals surface area contributed by atoms with Crippen LogP contribution >= 0.6 is 15.9 Å². The summed E-state index contributed by atoms with van der Waals surface area (Å²) in [4.78, 5) is 15.5. The monoisotopic (exact) mass is 336 g/mol. The van der Waals surface area contributed by atoms with Gasteiger partial charge < -0.3 is 14.8 Å². The first-order valence-corrected chi connectivity index (χ1v) is 6.63. The van der Waals surface area contributed by atoms with Crippen molar-refractivity contribution in [1.82, 2.24) is 10.3 Å². The van der Waals surface area contributed by atoms with Gasteiger partial charge in [-0.15, -0.1) is 0 Å². The van der Waals surface area contributed by atoms with Crippen LogP contribution in [-0.4, -0.2) is 25.0 Å². The van der Waals surface area contributed by atoms with Gasteiger partial charge in [-0.25, -0.2) is 0 Å². The van der Waals surface area contributed by atoms with Gasteiger partial charge >= 0.3 is 0 Å². The van der Waals surface area contributed by atoms with Crippen LogP contribution in [0.4, 0.5) is 0 Å². The average molecular weight is 337 g/mol. The summed E-state index contributed by atoms with van der Waals surface area (Å²) >= 11 is 3.41. The van der Waals surface area contributed by atoms with Crippen LogP contribution < -0.4 is 14.8 Å². The summed E-state index contributed by atoms with van der Waals surface area (Å²) in [5, 5.41) is 2.52. The number of nitrogens with one attached hydrogen (secondary N) is 1. The maximum absolute atomic E-state index is 11.5. The Hall–Kier alpha value is -2.08. The van der Waals surface area contributed by atoms with Crippen molar-refractivity contribution in [2.45, 2.75) is 0 Å². The van der Waals surface area contributed by atoms with Crippen LogP contribution in [0, 0.1) is 0 Å². The smallest absolute Gasteiger partial charge is 0.269 e. The fourth-order valence-corrected chi connectivity index (χ4v) is 1.98. The van der Waals surface area contributed by atoms with Crippen molar-refractivity contribution in [3.05, 3.63) is 46.7 Å². The highest BCUT2D eigenvalue weighted by Crippen LogP contribution is 2.32. The van der Waals surface area contributed by atoms with E-state index >= 15 is 0 Å². The molecule has 0 spiro atoms. The first-order chi connectivity index (χ1) is 9.63. The first kappa shape index (κ1) is 14.3. The molecule has 20 heavy (non-hydrogen) atoms. The van der Waals surface area contributed by atoms with Crippen LogP contribution in [0.25, 0.3) is 0 Å². The molecule has 1 amide bonds. The molecule has 0 unspecified atom stereocenters. The number of amides is 1. The van der Waals surface area contributed by atoms with Crippen molar-refractivity contribution in [3.8, 4) is 17.2 Å². The normalized spacial score (nSPS) is 9.95. The Morgan fingerprint density at radius 2 is 2.05 bits per heavy atom. The third kappa shape index (κ3) is 3.27. The van der Waals surface area contributed by atoms with Crippen LogP contribution in [0.5, 0.6) is 17.2 Å². The summed E-state index contributed by atoms with van der Waals surface area (Å²) in [7, 11) is 3.15. The van der Waals surface area contributed by atoms with E-state index in [0.29, 0.717) is 17.2 Å². The number of hydrogen-bond acceptors (Lipinski definition) is 4. The Labute approximate surface area is 125 Å². The van der Waals surface area contributed by atoms with E-state index in [-0.39, 0.29) is 5.91 Å². The van der Waals surface area contributed by atoms with Crippen LogP contribution in [0.15, 0.2) is 41.0 Å². The number of aromatic nitrogens is 1. The van der Waals surface area contributed by atoms with Crippen molar-refractivity contribution in [3.63, 3.8) is 0 Å². The Morgan fingerprint density at radius 3 is 2.70 bits per heavy atom. The summed E-state index contributed by atoms with van der Waals surface area (Å²) in [5.41, 5.74) is 0.301. The van der Waals surface area contributed by atoms with Crippen molar-refractivity contribution >= 4 is 21.8 Å². The van der Waals surface area contributed by atoms with Gasteiger partial charge in [0.2, 0.25) is 0 Å². The molecular formula is C14H13BrN2O3. The molecule has 1 aromatic heterocycles. The molecule has 0 saturated heterocycles. The Kier molecular flexibility index (Phi) is 4.57. The van der Waals surface area contributed by atoms with Crippen LogP contribution in [0.2, 0.25) is 0 Å². The fourth-order valence-electron chi connectivity index (χ4n) is 1.55. The lowest BCUT2D eigenvalue weighted by Gasteiger charge is -2.09. The molecule has 5 nitrogen and oxygen atoms in total. The highest BCUT2D eigenvalue weighted by atomic mass is 79.9. The van der Waals surface area contributed by atoms with Gasteiger partial charge in [-0.1, -0.05) is 0 Å². The molecule has 0 fully saturated rings. The van der Waals surface area contributed by atoms with Crippen molar-refractivity contribution in [2.75, 3.05) is 14.2 Å². The molecule has 0 saturated carbocycles. The topological polar surface area (TPSA) is 60.5 Å². The molecule has 0 aliphatic heterocycles. The number of rotatable bonds is 4. The first-order valence-electron chi connectivity index (χ1n) is 5.83. The number of halogens is 1. The molecule has 104 valence electrons. The van der Waals surface area contributed by atoms with Gasteiger partial charge in [0.25, 0.3) is 5.91 Å². The zero-order chi connectivity index (χ0) is 14.5. The van der Waals surface area contributed by atoms with Gasteiger partial charge in [0.1, 0.15) is 22.9 Å². The number of carbonyl (C=O) groups is 1. The molecule has 1 N–H and O–H groups in total. The van der Waals surface area contributed by atoms with Crippen LogP contribution in [-0.2, 0) is 0 Å². The molecule has 0 atom stereocenters. The molecule has 1 aromatic carbocycles. The van der Waals surface area contributed by atoms with Crippen LogP contribution in [0.1, 0.15) is 10.5 Å². The molecule has 2 aromatic rings. The number of hydrogen-bond donors (Lipinski definition) is 1. The zero-order valence-corrected chi connectivity index (χ0v) is 12.6. The predicted octanol–water partition coefficient (Wildman–Crippen LogP) is 3.00. The number of ether oxygens (including phenoxy) is 2. The maximum Gasteiger partial charge on any atom is 0.269 e. The number of carbonyl (C=O) groups excluding carboxylic acids is 1. The Morgan fingerprint density at radius 1 is 1.25 bits per heavy atom. The molecular weight excluding hydrogens is 324 g/mol. The SMILES string of the molecule is CNC(=O)c1cc(Oc2ccc(OC)cc2Br)ccn1. The predicted molar refractivity (Wildman–Crippen MR) is 78.4 cm³/mol. The lowest BCUT2D eigenvalue weighted by Crippen LogP contribution is -2.18. The van der Waals surface area contributed by atoms with Gasteiger partial charge in [0, 0.05) is 19.3 Å². The molecule has 0 aliphatic carbocycles. The van der Waals surface area contributed by atoms with Gasteiger partial charge in [-0.3, -0.25) is 9.78 Å². The van der Waals surface area contributed by atoms with E-state index in [1.54, 1.807) is 44.5 Å². The minimum atomic E-state index is -0.260. The molecule has 0 radical (unpaired) electrons. The minimum Gasteiger partial charge on any atom is -0.497 e. The molecule has 0 bridgehead atoms. The van der Waals surface area contributed by atoms with Gasteiger partial charge in [-0.2, -0.15) is 0 Å². The van der Waals surface area contributed by atoms with Crippen LogP contribution in [0.3, 0.4) is 0 Å². The van der Waals surface area contributed by atoms with E-state index in [9.17, 15) is 4.79 Å². The Balaban J connectivity index is 2.24. The zero-order valence-electron chi connectivity index (χ0n) is 11.0. The van der Waals surface area contributed by atoms with E-state index < -0.39 is 0 Å². The van der Waals surface area contributed by atoms with Crippen molar-refractivity contribution < 1.29 is 14.3 Å². The third-order valence-corrected chi connectivity index (χ3v) is 3.18. The summed E-state index contributed by atoms with van der Waals surface area (Å²) < 4.78 is 11.6. The van der Waals surface area contributed by atoms with E-state index in [2.05, 4.69) is 26.2 Å². The second kappa shape index (κ2) is 6.38. The highest BCUT2D eigenvalue weighted by molar-refractivity contribution is 9.10. The highest BCUT2D eigenvalue weighted by Gasteiger charge is 2.08. The van der Waals surface area contributed by atoms with Crippen molar-refractivity contribution in [1.29, 1.82) is 0 Å². The average Bonchev–Trinajstić information content (AvgIpc) is 2.48. The molecule has 0 aliphatic rings. The van der Waals surface area contributed by atoms with Gasteiger partial charge in [0.15, 0.2) is 0 Å². The lowest BCUT2D eigenvalue weighted by atomic mass is 10.3. The summed E-state index contributed by atoms with van der Waals surface area (Å²) in [6.07, 6.45) is 1.53. The van der Waals surface area contributed by atoms with E-state index in [0.717, 1.165) is 10.2 Å². The van der Waals surface area contributed by atoms with Gasteiger partial charge in [-0.05, 0) is 40.2 Å². The number of benzene rings is 1. The maximum atomic E-state index is 11.5.